The number of ether oxygens (including phenoxy) is 1. The first-order valence-electron chi connectivity index (χ1n) is 10.2. The molecule has 7 nitrogen and oxygen atoms in total. The van der Waals surface area contributed by atoms with Gasteiger partial charge < -0.3 is 10.1 Å². The number of nitro benzene ring substituents is 1. The number of likely N-dealkylation sites (N-methyl/N-ethyl adjacent to an activating group) is 1. The second kappa shape index (κ2) is 10.8. The zero-order chi connectivity index (χ0) is 22.2. The molecule has 162 valence electrons. The smallest absolute Gasteiger partial charge is 0.284 e. The first kappa shape index (κ1) is 22.7. The van der Waals surface area contributed by atoms with Crippen LogP contribution in [0.5, 0.6) is 5.75 Å². The van der Waals surface area contributed by atoms with Gasteiger partial charge in [-0.1, -0.05) is 24.6 Å². The first-order chi connectivity index (χ1) is 15.0. The lowest BCUT2D eigenvalue weighted by Gasteiger charge is -2.22. The molecule has 0 radical (unpaired) electrons. The highest BCUT2D eigenvalue weighted by molar-refractivity contribution is 7.99. The van der Waals surface area contributed by atoms with Crippen molar-refractivity contribution in [2.45, 2.75) is 35.6 Å². The van der Waals surface area contributed by atoms with E-state index in [1.54, 1.807) is 24.3 Å². The highest BCUT2D eigenvalue weighted by Gasteiger charge is 2.24. The number of nitro groups is 1. The summed E-state index contributed by atoms with van der Waals surface area (Å²) in [6.07, 6.45) is 7.36. The number of nitrogens with one attached hydrogen (secondary N) is 1. The number of benzene rings is 2. The third kappa shape index (κ3) is 6.00. The second-order valence-electron chi connectivity index (χ2n) is 7.14. The number of hydrogen-bond donors (Lipinski definition) is 1. The Morgan fingerprint density at radius 1 is 1.35 bits per heavy atom. The molecule has 8 heteroatoms. The van der Waals surface area contributed by atoms with E-state index in [9.17, 15) is 14.9 Å². The topological polar surface area (TPSA) is 84.7 Å². The molecule has 0 aliphatic carbocycles. The van der Waals surface area contributed by atoms with E-state index in [1.165, 1.54) is 17.8 Å². The lowest BCUT2D eigenvalue weighted by atomic mass is 10.1. The molecular formula is C23H25N3O4S. The number of likely N-dealkylation sites (tertiary alicyclic amines) is 1. The Morgan fingerprint density at radius 3 is 2.81 bits per heavy atom. The normalized spacial score (nSPS) is 15.9. The van der Waals surface area contributed by atoms with Crippen LogP contribution in [0.15, 0.2) is 52.3 Å². The van der Waals surface area contributed by atoms with Crippen molar-refractivity contribution < 1.29 is 14.5 Å². The van der Waals surface area contributed by atoms with Crippen LogP contribution in [0.3, 0.4) is 0 Å². The predicted molar refractivity (Wildman–Crippen MR) is 121 cm³/mol. The van der Waals surface area contributed by atoms with Gasteiger partial charge in [-0.2, -0.15) is 0 Å². The van der Waals surface area contributed by atoms with Crippen LogP contribution >= 0.6 is 11.8 Å². The Kier molecular flexibility index (Phi) is 7.93. The average molecular weight is 440 g/mol. The fourth-order valence-corrected chi connectivity index (χ4v) is 4.50. The predicted octanol–water partition coefficient (Wildman–Crippen LogP) is 3.97. The lowest BCUT2D eigenvalue weighted by molar-refractivity contribution is -0.387. The van der Waals surface area contributed by atoms with Gasteiger partial charge in [0.05, 0.1) is 9.82 Å². The van der Waals surface area contributed by atoms with Gasteiger partial charge in [-0.15, -0.1) is 6.42 Å². The molecular weight excluding hydrogens is 414 g/mol. The van der Waals surface area contributed by atoms with Crippen molar-refractivity contribution in [3.63, 3.8) is 0 Å². The second-order valence-corrected chi connectivity index (χ2v) is 8.26. The van der Waals surface area contributed by atoms with E-state index in [1.807, 2.05) is 12.1 Å². The Morgan fingerprint density at radius 2 is 2.13 bits per heavy atom. The summed E-state index contributed by atoms with van der Waals surface area (Å²) >= 11 is 1.26. The van der Waals surface area contributed by atoms with Gasteiger partial charge in [-0.25, -0.2) is 0 Å². The van der Waals surface area contributed by atoms with Crippen molar-refractivity contribution in [3.05, 3.63) is 58.1 Å². The molecule has 0 spiro atoms. The van der Waals surface area contributed by atoms with Crippen LogP contribution in [0.4, 0.5) is 5.69 Å². The zero-order valence-corrected chi connectivity index (χ0v) is 18.2. The molecule has 31 heavy (non-hydrogen) atoms. The van der Waals surface area contributed by atoms with Crippen LogP contribution in [0.2, 0.25) is 0 Å². The van der Waals surface area contributed by atoms with Gasteiger partial charge >= 0.3 is 0 Å². The van der Waals surface area contributed by atoms with Crippen LogP contribution in [0.25, 0.3) is 0 Å². The van der Waals surface area contributed by atoms with Crippen molar-refractivity contribution in [2.24, 2.45) is 0 Å². The number of rotatable bonds is 9. The Balaban J connectivity index is 1.68. The molecule has 1 heterocycles. The van der Waals surface area contributed by atoms with E-state index in [0.717, 1.165) is 30.8 Å². The molecule has 1 N–H and O–H groups in total. The number of hydrogen-bond acceptors (Lipinski definition) is 6. The van der Waals surface area contributed by atoms with Gasteiger partial charge in [0, 0.05) is 29.1 Å². The number of nitrogens with zero attached hydrogens (tertiary/aromatic N) is 2. The Labute approximate surface area is 186 Å². The summed E-state index contributed by atoms with van der Waals surface area (Å²) in [5.41, 5.74) is 0.191. The molecule has 1 atom stereocenters. The number of carbonyl (C=O) groups excluding carboxylic acids is 1. The van der Waals surface area contributed by atoms with Gasteiger partial charge in [-0.05, 0) is 62.3 Å². The van der Waals surface area contributed by atoms with Gasteiger partial charge in [0.1, 0.15) is 12.4 Å². The molecule has 1 amide bonds. The minimum absolute atomic E-state index is 0.0960. The fourth-order valence-electron chi connectivity index (χ4n) is 3.60. The van der Waals surface area contributed by atoms with E-state index in [2.05, 4.69) is 23.1 Å². The van der Waals surface area contributed by atoms with Crippen molar-refractivity contribution in [2.75, 3.05) is 26.2 Å². The van der Waals surface area contributed by atoms with E-state index in [0.29, 0.717) is 23.2 Å². The third-order valence-electron chi connectivity index (χ3n) is 5.20. The zero-order valence-electron chi connectivity index (χ0n) is 17.4. The summed E-state index contributed by atoms with van der Waals surface area (Å²) in [7, 11) is 0. The summed E-state index contributed by atoms with van der Waals surface area (Å²) < 4.78 is 5.34. The van der Waals surface area contributed by atoms with Crippen molar-refractivity contribution in [3.8, 4) is 18.1 Å². The number of amides is 1. The standard InChI is InChI=1S/C23H25N3O4S/c1-3-14-30-19-8-10-20(11-9-19)31-22-12-7-17(15-21(22)26(28)29)23(27)24-16-18-6-5-13-25(18)4-2/h1,7-12,15,18H,4-6,13-14,16H2,2H3,(H,24,27). The molecule has 3 rings (SSSR count). The summed E-state index contributed by atoms with van der Waals surface area (Å²) in [5, 5.41) is 14.5. The minimum Gasteiger partial charge on any atom is -0.481 e. The average Bonchev–Trinajstić information content (AvgIpc) is 3.24. The fraction of sp³-hybridized carbons (Fsp3) is 0.348. The minimum atomic E-state index is -0.459. The Bertz CT molecular complexity index is 972. The van der Waals surface area contributed by atoms with Crippen LogP contribution in [-0.4, -0.2) is 48.0 Å². The Hall–Kier alpha value is -3.02. The summed E-state index contributed by atoms with van der Waals surface area (Å²) in [5.74, 6) is 2.74. The highest BCUT2D eigenvalue weighted by atomic mass is 32.2. The maximum absolute atomic E-state index is 12.6. The highest BCUT2D eigenvalue weighted by Crippen LogP contribution is 2.36. The van der Waals surface area contributed by atoms with E-state index < -0.39 is 4.92 Å². The van der Waals surface area contributed by atoms with E-state index in [-0.39, 0.29) is 23.8 Å². The van der Waals surface area contributed by atoms with Crippen molar-refractivity contribution >= 4 is 23.4 Å². The van der Waals surface area contributed by atoms with Gasteiger partial charge in [-0.3, -0.25) is 19.8 Å². The molecule has 1 unspecified atom stereocenters. The van der Waals surface area contributed by atoms with Crippen LogP contribution in [-0.2, 0) is 0 Å². The van der Waals surface area contributed by atoms with Crippen molar-refractivity contribution in [1.82, 2.24) is 10.2 Å². The van der Waals surface area contributed by atoms with Crippen LogP contribution in [0, 0.1) is 22.5 Å². The molecule has 0 aromatic heterocycles. The van der Waals surface area contributed by atoms with Crippen LogP contribution in [0.1, 0.15) is 30.1 Å². The lowest BCUT2D eigenvalue weighted by Crippen LogP contribution is -2.40. The molecule has 0 bridgehead atoms. The van der Waals surface area contributed by atoms with E-state index in [4.69, 9.17) is 11.2 Å². The van der Waals surface area contributed by atoms with Gasteiger partial charge in [0.2, 0.25) is 0 Å². The molecule has 2 aromatic rings. The number of carbonyl (C=O) groups is 1. The largest absolute Gasteiger partial charge is 0.481 e. The SMILES string of the molecule is C#CCOc1ccc(Sc2ccc(C(=O)NCC3CCCN3CC)cc2[N+](=O)[O-])cc1. The molecule has 2 aromatic carbocycles. The maximum atomic E-state index is 12.6. The molecule has 1 fully saturated rings. The monoisotopic (exact) mass is 439 g/mol. The molecule has 0 saturated carbocycles. The number of terminal acetylenes is 1. The van der Waals surface area contributed by atoms with Crippen molar-refractivity contribution in [1.29, 1.82) is 0 Å². The molecule has 1 aliphatic heterocycles. The third-order valence-corrected chi connectivity index (χ3v) is 6.27. The maximum Gasteiger partial charge on any atom is 0.284 e. The summed E-state index contributed by atoms with van der Waals surface area (Å²) in [4.78, 5) is 27.4. The molecule has 1 aliphatic rings. The quantitative estimate of drug-likeness (QED) is 0.362. The summed E-state index contributed by atoms with van der Waals surface area (Å²) in [6.45, 7) is 4.84. The summed E-state index contributed by atoms with van der Waals surface area (Å²) in [6, 6.07) is 12.0. The van der Waals surface area contributed by atoms with Gasteiger partial charge in [0.15, 0.2) is 0 Å². The van der Waals surface area contributed by atoms with E-state index >= 15 is 0 Å². The molecule has 1 saturated heterocycles. The first-order valence-corrected chi connectivity index (χ1v) is 11.0. The van der Waals surface area contributed by atoms with Gasteiger partial charge in [0.25, 0.3) is 11.6 Å². The van der Waals surface area contributed by atoms with Crippen LogP contribution < -0.4 is 10.1 Å².